The number of hydrogen-bond donors (Lipinski definition) is 1. The molecule has 25 heavy (non-hydrogen) atoms. The molecule has 5 heteroatoms. The van der Waals surface area contributed by atoms with Crippen LogP contribution in [-0.2, 0) is 24.8 Å². The maximum Gasteiger partial charge on any atom is 0.127 e. The van der Waals surface area contributed by atoms with Crippen LogP contribution in [0.1, 0.15) is 43.1 Å². The van der Waals surface area contributed by atoms with Gasteiger partial charge < -0.3 is 14.8 Å². The third-order valence-electron chi connectivity index (χ3n) is 5.16. The number of aryl methyl sites for hydroxylation is 1. The average molecular weight is 341 g/mol. The zero-order chi connectivity index (χ0) is 17.4. The lowest BCUT2D eigenvalue weighted by molar-refractivity contribution is 0.0903. The maximum atomic E-state index is 6.17. The van der Waals surface area contributed by atoms with E-state index in [2.05, 4.69) is 48.7 Å². The molecule has 0 aliphatic carbocycles. The van der Waals surface area contributed by atoms with E-state index in [1.807, 2.05) is 17.9 Å². The molecule has 1 N–H and O–H groups in total. The van der Waals surface area contributed by atoms with Crippen molar-refractivity contribution >= 4 is 0 Å². The highest BCUT2D eigenvalue weighted by atomic mass is 16.5. The molecule has 2 aromatic rings. The predicted octanol–water partition coefficient (Wildman–Crippen LogP) is 3.00. The number of nitrogens with one attached hydrogen (secondary N) is 1. The van der Waals surface area contributed by atoms with Crippen molar-refractivity contribution in [1.82, 2.24) is 15.1 Å². The smallest absolute Gasteiger partial charge is 0.127 e. The molecule has 1 aromatic carbocycles. The van der Waals surface area contributed by atoms with Crippen LogP contribution < -0.4 is 10.1 Å². The zero-order valence-corrected chi connectivity index (χ0v) is 15.3. The Morgan fingerprint density at radius 1 is 1.36 bits per heavy atom. The molecule has 134 valence electrons. The highest BCUT2D eigenvalue weighted by Crippen LogP contribution is 2.38. The van der Waals surface area contributed by atoms with Crippen LogP contribution in [0.3, 0.4) is 0 Å². The van der Waals surface area contributed by atoms with Crippen molar-refractivity contribution in [3.05, 3.63) is 47.3 Å². The Kier molecular flexibility index (Phi) is 4.29. The summed E-state index contributed by atoms with van der Waals surface area (Å²) < 4.78 is 14.0. The normalized spacial score (nSPS) is 24.3. The number of aromatic nitrogens is 2. The van der Waals surface area contributed by atoms with Gasteiger partial charge in [0, 0.05) is 56.4 Å². The lowest BCUT2D eigenvalue weighted by Gasteiger charge is -2.20. The molecular formula is C20H27N3O2. The summed E-state index contributed by atoms with van der Waals surface area (Å²) in [6.45, 7) is 6.89. The third kappa shape index (κ3) is 3.44. The molecule has 5 nitrogen and oxygen atoms in total. The molecule has 1 saturated heterocycles. The molecule has 0 amide bonds. The fourth-order valence-electron chi connectivity index (χ4n) is 4.01. The predicted molar refractivity (Wildman–Crippen MR) is 96.6 cm³/mol. The van der Waals surface area contributed by atoms with Crippen molar-refractivity contribution in [3.63, 3.8) is 0 Å². The second kappa shape index (κ2) is 6.46. The topological polar surface area (TPSA) is 48.3 Å². The van der Waals surface area contributed by atoms with E-state index in [1.54, 1.807) is 0 Å². The van der Waals surface area contributed by atoms with Crippen molar-refractivity contribution in [2.24, 2.45) is 13.0 Å². The summed E-state index contributed by atoms with van der Waals surface area (Å²) in [5.74, 6) is 1.56. The van der Waals surface area contributed by atoms with Gasteiger partial charge in [-0.25, -0.2) is 0 Å². The fraction of sp³-hybridized carbons (Fsp3) is 0.550. The molecule has 1 fully saturated rings. The van der Waals surface area contributed by atoms with Crippen LogP contribution >= 0.6 is 0 Å². The van der Waals surface area contributed by atoms with Gasteiger partial charge >= 0.3 is 0 Å². The summed E-state index contributed by atoms with van der Waals surface area (Å²) in [6.07, 6.45) is 6.20. The average Bonchev–Trinajstić information content (AvgIpc) is 3.24. The van der Waals surface area contributed by atoms with Gasteiger partial charge in [0.15, 0.2) is 0 Å². The SMILES string of the molecule is Cn1cc(C2OCCC2CNCc2cccc3c2OC(C)(C)C3)cn1. The number of para-hydroxylation sites is 1. The van der Waals surface area contributed by atoms with Gasteiger partial charge in [-0.15, -0.1) is 0 Å². The number of benzene rings is 1. The van der Waals surface area contributed by atoms with E-state index in [9.17, 15) is 0 Å². The van der Waals surface area contributed by atoms with E-state index >= 15 is 0 Å². The first-order valence-electron chi connectivity index (χ1n) is 9.12. The Hall–Kier alpha value is -1.85. The number of ether oxygens (including phenoxy) is 2. The second-order valence-electron chi connectivity index (χ2n) is 7.86. The van der Waals surface area contributed by atoms with Gasteiger partial charge in [0.2, 0.25) is 0 Å². The van der Waals surface area contributed by atoms with Crippen molar-refractivity contribution in [2.75, 3.05) is 13.2 Å². The van der Waals surface area contributed by atoms with E-state index in [-0.39, 0.29) is 11.7 Å². The van der Waals surface area contributed by atoms with Crippen LogP contribution in [0.25, 0.3) is 0 Å². The van der Waals surface area contributed by atoms with Crippen LogP contribution in [0.2, 0.25) is 0 Å². The van der Waals surface area contributed by atoms with Crippen LogP contribution in [0, 0.1) is 5.92 Å². The van der Waals surface area contributed by atoms with Gasteiger partial charge in [-0.2, -0.15) is 5.10 Å². The summed E-state index contributed by atoms with van der Waals surface area (Å²) in [4.78, 5) is 0. The maximum absolute atomic E-state index is 6.17. The molecule has 2 atom stereocenters. The first kappa shape index (κ1) is 16.6. The zero-order valence-electron chi connectivity index (χ0n) is 15.3. The van der Waals surface area contributed by atoms with Crippen LogP contribution in [0.15, 0.2) is 30.6 Å². The van der Waals surface area contributed by atoms with E-state index in [0.717, 1.165) is 38.3 Å². The standard InChI is InChI=1S/C20H27N3O2/c1-20(2)9-14-5-4-6-15(19(14)25-20)10-21-11-16-7-8-24-18(16)17-12-22-23(3)13-17/h4-6,12-13,16,18,21H,7-11H2,1-3H3. The van der Waals surface area contributed by atoms with Gasteiger partial charge in [-0.3, -0.25) is 4.68 Å². The largest absolute Gasteiger partial charge is 0.487 e. The summed E-state index contributed by atoms with van der Waals surface area (Å²) in [6, 6.07) is 6.48. The molecule has 0 bridgehead atoms. The Morgan fingerprint density at radius 2 is 2.24 bits per heavy atom. The minimum Gasteiger partial charge on any atom is -0.487 e. The van der Waals surface area contributed by atoms with Gasteiger partial charge in [0.1, 0.15) is 11.4 Å². The molecule has 0 spiro atoms. The Balaban J connectivity index is 1.38. The summed E-state index contributed by atoms with van der Waals surface area (Å²) in [5.41, 5.74) is 3.66. The molecular weight excluding hydrogens is 314 g/mol. The molecule has 0 saturated carbocycles. The highest BCUT2D eigenvalue weighted by molar-refractivity contribution is 5.45. The lowest BCUT2D eigenvalue weighted by Crippen LogP contribution is -2.26. The molecule has 0 radical (unpaired) electrons. The van der Waals surface area contributed by atoms with Gasteiger partial charge in [-0.1, -0.05) is 18.2 Å². The third-order valence-corrected chi connectivity index (χ3v) is 5.16. The molecule has 4 rings (SSSR count). The van der Waals surface area contributed by atoms with Crippen molar-refractivity contribution in [3.8, 4) is 5.75 Å². The number of hydrogen-bond acceptors (Lipinski definition) is 4. The van der Waals surface area contributed by atoms with E-state index in [4.69, 9.17) is 9.47 Å². The number of fused-ring (bicyclic) bond motifs is 1. The fourth-order valence-corrected chi connectivity index (χ4v) is 4.01. The number of nitrogens with zero attached hydrogens (tertiary/aromatic N) is 2. The summed E-state index contributed by atoms with van der Waals surface area (Å²) in [7, 11) is 1.95. The van der Waals surface area contributed by atoms with Crippen molar-refractivity contribution in [1.29, 1.82) is 0 Å². The Labute approximate surface area is 149 Å². The van der Waals surface area contributed by atoms with Gasteiger partial charge in [0.25, 0.3) is 0 Å². The Morgan fingerprint density at radius 3 is 3.04 bits per heavy atom. The minimum absolute atomic E-state index is 0.0941. The van der Waals surface area contributed by atoms with E-state index in [0.29, 0.717) is 5.92 Å². The first-order chi connectivity index (χ1) is 12.0. The lowest BCUT2D eigenvalue weighted by atomic mass is 9.97. The van der Waals surface area contributed by atoms with Crippen molar-refractivity contribution in [2.45, 2.75) is 44.9 Å². The summed E-state index contributed by atoms with van der Waals surface area (Å²) in [5, 5.41) is 7.90. The van der Waals surface area contributed by atoms with Gasteiger partial charge in [0.05, 0.1) is 12.3 Å². The van der Waals surface area contributed by atoms with E-state index < -0.39 is 0 Å². The van der Waals surface area contributed by atoms with E-state index in [1.165, 1.54) is 16.7 Å². The molecule has 1 aromatic heterocycles. The quantitative estimate of drug-likeness (QED) is 0.908. The van der Waals surface area contributed by atoms with Crippen LogP contribution in [0.4, 0.5) is 0 Å². The monoisotopic (exact) mass is 341 g/mol. The number of rotatable bonds is 5. The molecule has 2 aliphatic heterocycles. The second-order valence-corrected chi connectivity index (χ2v) is 7.86. The Bertz CT molecular complexity index is 753. The molecule has 2 unspecified atom stereocenters. The van der Waals surface area contributed by atoms with Crippen molar-refractivity contribution < 1.29 is 9.47 Å². The summed E-state index contributed by atoms with van der Waals surface area (Å²) >= 11 is 0. The van der Waals surface area contributed by atoms with Gasteiger partial charge in [-0.05, 0) is 25.8 Å². The first-order valence-corrected chi connectivity index (χ1v) is 9.12. The molecule has 3 heterocycles. The van der Waals surface area contributed by atoms with Crippen LogP contribution in [-0.4, -0.2) is 28.5 Å². The molecule has 2 aliphatic rings. The minimum atomic E-state index is -0.0941. The van der Waals surface area contributed by atoms with Crippen LogP contribution in [0.5, 0.6) is 5.75 Å². The highest BCUT2D eigenvalue weighted by Gasteiger charge is 2.32.